The molecule has 0 heterocycles. The highest BCUT2D eigenvalue weighted by atomic mass is 14.6. The Kier molecular flexibility index (Phi) is 3.35. The molecule has 0 amide bonds. The van der Waals surface area contributed by atoms with Gasteiger partial charge in [0.25, 0.3) is 0 Å². The summed E-state index contributed by atoms with van der Waals surface area (Å²) in [6, 6.07) is 8.51. The number of aryl methyl sites for hydroxylation is 2. The molecule has 1 rings (SSSR count). The zero-order valence-corrected chi connectivity index (χ0v) is 7.38. The molecule has 1 nitrogen and oxygen atoms in total. The maximum atomic E-state index is 6.63. The van der Waals surface area contributed by atoms with Crippen molar-refractivity contribution >= 4 is 0 Å². The third-order valence-corrected chi connectivity index (χ3v) is 1.86. The first-order valence-electron chi connectivity index (χ1n) is 4.21. The van der Waals surface area contributed by atoms with Crippen LogP contribution in [0.1, 0.15) is 17.5 Å². The molecule has 0 bridgehead atoms. The third kappa shape index (κ3) is 2.75. The van der Waals surface area contributed by atoms with Crippen LogP contribution in [-0.2, 0) is 6.42 Å². The third-order valence-electron chi connectivity index (χ3n) is 1.86. The Labute approximate surface area is 73.9 Å². The summed E-state index contributed by atoms with van der Waals surface area (Å²) in [5.41, 5.74) is 2.63. The van der Waals surface area contributed by atoms with Crippen molar-refractivity contribution in [2.24, 2.45) is 0 Å². The lowest BCUT2D eigenvalue weighted by atomic mass is 10.1. The van der Waals surface area contributed by atoms with Crippen molar-refractivity contribution in [3.05, 3.63) is 46.8 Å². The zero-order chi connectivity index (χ0) is 8.81. The first-order valence-corrected chi connectivity index (χ1v) is 4.21. The van der Waals surface area contributed by atoms with Crippen molar-refractivity contribution in [1.29, 1.82) is 0 Å². The van der Waals surface area contributed by atoms with E-state index in [1.165, 1.54) is 11.1 Å². The van der Waals surface area contributed by atoms with Gasteiger partial charge in [0.15, 0.2) is 0 Å². The van der Waals surface area contributed by atoms with Gasteiger partial charge in [-0.15, -0.1) is 0 Å². The highest BCUT2D eigenvalue weighted by Crippen LogP contribution is 2.05. The van der Waals surface area contributed by atoms with Crippen LogP contribution in [0.5, 0.6) is 0 Å². The topological polar surface area (TPSA) is 4.36 Å². The van der Waals surface area contributed by atoms with Gasteiger partial charge in [0, 0.05) is 6.42 Å². The van der Waals surface area contributed by atoms with Gasteiger partial charge >= 0.3 is 0 Å². The molecule has 1 heteroatoms. The number of hydrogen-bond acceptors (Lipinski definition) is 0. The Bertz CT molecular complexity index is 266. The molecule has 0 aliphatic heterocycles. The summed E-state index contributed by atoms with van der Waals surface area (Å²) in [5, 5.41) is 0. The fourth-order valence-electron chi connectivity index (χ4n) is 1.12. The van der Waals surface area contributed by atoms with Crippen LogP contribution in [0.25, 0.3) is 4.85 Å². The average Bonchev–Trinajstić information content (AvgIpc) is 2.09. The quantitative estimate of drug-likeness (QED) is 0.472. The van der Waals surface area contributed by atoms with Crippen LogP contribution < -0.4 is 0 Å². The van der Waals surface area contributed by atoms with Crippen molar-refractivity contribution < 1.29 is 0 Å². The van der Waals surface area contributed by atoms with E-state index in [4.69, 9.17) is 6.57 Å². The maximum absolute atomic E-state index is 6.63. The highest BCUT2D eigenvalue weighted by molar-refractivity contribution is 5.21. The van der Waals surface area contributed by atoms with E-state index in [2.05, 4.69) is 36.0 Å². The van der Waals surface area contributed by atoms with Gasteiger partial charge in [-0.3, -0.25) is 0 Å². The minimum Gasteiger partial charge on any atom is -0.317 e. The van der Waals surface area contributed by atoms with E-state index in [0.29, 0.717) is 6.54 Å². The summed E-state index contributed by atoms with van der Waals surface area (Å²) in [7, 11) is 0. The molecule has 0 fully saturated rings. The van der Waals surface area contributed by atoms with E-state index < -0.39 is 0 Å². The van der Waals surface area contributed by atoms with Gasteiger partial charge in [-0.05, 0) is 18.9 Å². The fraction of sp³-hybridized carbons (Fsp3) is 0.364. The van der Waals surface area contributed by atoms with Crippen molar-refractivity contribution in [3.8, 4) is 0 Å². The van der Waals surface area contributed by atoms with Gasteiger partial charge < -0.3 is 4.85 Å². The van der Waals surface area contributed by atoms with Gasteiger partial charge in [0.1, 0.15) is 0 Å². The van der Waals surface area contributed by atoms with Gasteiger partial charge in [0.05, 0.1) is 0 Å². The summed E-state index contributed by atoms with van der Waals surface area (Å²) in [4.78, 5) is 3.32. The molecule has 0 atom stereocenters. The molecule has 1 aromatic rings. The summed E-state index contributed by atoms with van der Waals surface area (Å²) in [5.74, 6) is 0. The van der Waals surface area contributed by atoms with Crippen LogP contribution in [0.2, 0.25) is 0 Å². The zero-order valence-electron chi connectivity index (χ0n) is 7.38. The minimum absolute atomic E-state index is 0.647. The van der Waals surface area contributed by atoms with E-state index in [9.17, 15) is 0 Å². The second-order valence-corrected chi connectivity index (χ2v) is 2.97. The Morgan fingerprint density at radius 1 is 1.25 bits per heavy atom. The lowest BCUT2D eigenvalue weighted by Crippen LogP contribution is -1.86. The summed E-state index contributed by atoms with van der Waals surface area (Å²) < 4.78 is 0. The Morgan fingerprint density at radius 2 is 1.92 bits per heavy atom. The molecule has 0 aliphatic rings. The molecule has 0 aromatic heterocycles. The number of benzene rings is 1. The molecular formula is C11H13N. The standard InChI is InChI=1S/C11H13N/c1-10-5-7-11(8-6-10)4-3-9-12-2/h5-8H,3-4,9H2,1H3. The lowest BCUT2D eigenvalue weighted by molar-refractivity contribution is 0.891. The van der Waals surface area contributed by atoms with Gasteiger partial charge in [-0.2, -0.15) is 0 Å². The molecule has 0 unspecified atom stereocenters. The van der Waals surface area contributed by atoms with E-state index >= 15 is 0 Å². The molecule has 0 spiro atoms. The fourth-order valence-corrected chi connectivity index (χ4v) is 1.12. The second-order valence-electron chi connectivity index (χ2n) is 2.97. The summed E-state index contributed by atoms with van der Waals surface area (Å²) in [6.07, 6.45) is 2.01. The SMILES string of the molecule is [C-]#[N+]CCCc1ccc(C)cc1. The van der Waals surface area contributed by atoms with E-state index in [1.54, 1.807) is 0 Å². The van der Waals surface area contributed by atoms with Gasteiger partial charge in [-0.1, -0.05) is 29.8 Å². The lowest BCUT2D eigenvalue weighted by Gasteiger charge is -1.97. The predicted octanol–water partition coefficient (Wildman–Crippen LogP) is 2.85. The highest BCUT2D eigenvalue weighted by Gasteiger charge is 1.93. The number of hydrogen-bond donors (Lipinski definition) is 0. The van der Waals surface area contributed by atoms with Crippen molar-refractivity contribution in [1.82, 2.24) is 0 Å². The molecule has 0 radical (unpaired) electrons. The minimum atomic E-state index is 0.647. The average molecular weight is 159 g/mol. The first-order chi connectivity index (χ1) is 5.83. The smallest absolute Gasteiger partial charge is 0.215 e. The summed E-state index contributed by atoms with van der Waals surface area (Å²) >= 11 is 0. The summed E-state index contributed by atoms with van der Waals surface area (Å²) in [6.45, 7) is 9.36. The monoisotopic (exact) mass is 159 g/mol. The maximum Gasteiger partial charge on any atom is 0.215 e. The molecular weight excluding hydrogens is 146 g/mol. The number of rotatable bonds is 3. The molecule has 12 heavy (non-hydrogen) atoms. The van der Waals surface area contributed by atoms with Crippen LogP contribution in [-0.4, -0.2) is 6.54 Å². The Balaban J connectivity index is 2.43. The molecule has 0 saturated carbocycles. The second kappa shape index (κ2) is 4.56. The van der Waals surface area contributed by atoms with Crippen molar-refractivity contribution in [2.75, 3.05) is 6.54 Å². The van der Waals surface area contributed by atoms with Crippen LogP contribution in [0.15, 0.2) is 24.3 Å². The number of nitrogens with zero attached hydrogens (tertiary/aromatic N) is 1. The van der Waals surface area contributed by atoms with Crippen LogP contribution >= 0.6 is 0 Å². The molecule has 1 aromatic carbocycles. The van der Waals surface area contributed by atoms with Crippen molar-refractivity contribution in [2.45, 2.75) is 19.8 Å². The predicted molar refractivity (Wildman–Crippen MR) is 51.0 cm³/mol. The largest absolute Gasteiger partial charge is 0.317 e. The molecule has 0 saturated heterocycles. The molecule has 0 N–H and O–H groups in total. The first kappa shape index (κ1) is 8.80. The normalized spacial score (nSPS) is 9.33. The van der Waals surface area contributed by atoms with Crippen molar-refractivity contribution in [3.63, 3.8) is 0 Å². The van der Waals surface area contributed by atoms with E-state index in [-0.39, 0.29) is 0 Å². The molecule has 0 aliphatic carbocycles. The van der Waals surface area contributed by atoms with E-state index in [0.717, 1.165) is 12.8 Å². The van der Waals surface area contributed by atoms with Gasteiger partial charge in [-0.25, -0.2) is 6.57 Å². The Morgan fingerprint density at radius 3 is 2.50 bits per heavy atom. The Hall–Kier alpha value is -1.29. The van der Waals surface area contributed by atoms with E-state index in [1.807, 2.05) is 0 Å². The molecule has 62 valence electrons. The van der Waals surface area contributed by atoms with Crippen LogP contribution in [0, 0.1) is 13.5 Å². The van der Waals surface area contributed by atoms with Gasteiger partial charge in [0.2, 0.25) is 6.54 Å². The van der Waals surface area contributed by atoms with Crippen LogP contribution in [0.3, 0.4) is 0 Å². The van der Waals surface area contributed by atoms with Crippen LogP contribution in [0.4, 0.5) is 0 Å².